The predicted molar refractivity (Wildman–Crippen MR) is 157 cm³/mol. The molecule has 1 atom stereocenters. The Morgan fingerprint density at radius 2 is 1.09 bits per heavy atom. The standard InChI is InChI=1S/C33H45P/c1-4-6-8-9-19-28-34(31-21-13-10-14-22-31,32-23-15-11-16-24-32,33-25-17-12-18-26-33)29-27-30(3)20-7-5-2/h9-19,21-26,30H,4-8,20,27-29H2,1-3H3. The van der Waals surface area contributed by atoms with E-state index in [1.54, 1.807) is 0 Å². The number of rotatable bonds is 14. The fourth-order valence-corrected chi connectivity index (χ4v) is 12.3. The average Bonchev–Trinajstić information content (AvgIpc) is 2.91. The van der Waals surface area contributed by atoms with E-state index in [-0.39, 0.29) is 0 Å². The summed E-state index contributed by atoms with van der Waals surface area (Å²) in [5.41, 5.74) is 0. The van der Waals surface area contributed by atoms with Crippen LogP contribution in [0.1, 0.15) is 65.7 Å². The summed E-state index contributed by atoms with van der Waals surface area (Å²) in [4.78, 5) is 0. The Morgan fingerprint density at radius 1 is 0.618 bits per heavy atom. The van der Waals surface area contributed by atoms with E-state index in [0.717, 1.165) is 12.1 Å². The molecule has 0 radical (unpaired) electrons. The molecule has 3 rings (SSSR count). The maximum atomic E-state index is 2.54. The van der Waals surface area contributed by atoms with Crippen molar-refractivity contribution in [3.63, 3.8) is 0 Å². The van der Waals surface area contributed by atoms with Crippen LogP contribution in [0.15, 0.2) is 103 Å². The number of unbranched alkanes of at least 4 members (excludes halogenated alkanes) is 3. The minimum atomic E-state index is -2.75. The Kier molecular flexibility index (Phi) is 10.2. The van der Waals surface area contributed by atoms with Crippen LogP contribution < -0.4 is 15.9 Å². The molecule has 0 heterocycles. The third kappa shape index (κ3) is 5.72. The molecule has 0 fully saturated rings. The van der Waals surface area contributed by atoms with Crippen LogP contribution in [-0.4, -0.2) is 12.3 Å². The molecule has 34 heavy (non-hydrogen) atoms. The third-order valence-electron chi connectivity index (χ3n) is 7.70. The van der Waals surface area contributed by atoms with Crippen molar-refractivity contribution in [2.45, 2.75) is 65.7 Å². The number of hydrogen-bond acceptors (Lipinski definition) is 0. The Hall–Kier alpha value is -2.17. The minimum absolute atomic E-state index is 0.738. The van der Waals surface area contributed by atoms with Gasteiger partial charge in [-0.3, -0.25) is 0 Å². The van der Waals surface area contributed by atoms with Gasteiger partial charge in [0.25, 0.3) is 0 Å². The second-order valence-electron chi connectivity index (χ2n) is 10.1. The quantitative estimate of drug-likeness (QED) is 0.125. The van der Waals surface area contributed by atoms with Crippen molar-refractivity contribution in [3.8, 4) is 0 Å². The fourth-order valence-electron chi connectivity index (χ4n) is 5.55. The summed E-state index contributed by atoms with van der Waals surface area (Å²) in [6.45, 7) is 4.32. The molecule has 0 spiro atoms. The van der Waals surface area contributed by atoms with Crippen LogP contribution in [0.2, 0.25) is 0 Å². The van der Waals surface area contributed by atoms with Crippen LogP contribution in [-0.2, 0) is 0 Å². The summed E-state index contributed by atoms with van der Waals surface area (Å²) in [5, 5.41) is 4.61. The number of benzene rings is 3. The molecule has 0 nitrogen and oxygen atoms in total. The molecule has 3 aromatic carbocycles. The van der Waals surface area contributed by atoms with Gasteiger partial charge in [-0.15, -0.1) is 0 Å². The van der Waals surface area contributed by atoms with Crippen LogP contribution in [0.4, 0.5) is 0 Å². The van der Waals surface area contributed by atoms with E-state index in [1.807, 2.05) is 0 Å². The summed E-state index contributed by atoms with van der Waals surface area (Å²) in [6, 6.07) is 34.6. The van der Waals surface area contributed by atoms with Gasteiger partial charge in [-0.25, -0.2) is 0 Å². The van der Waals surface area contributed by atoms with Crippen molar-refractivity contribution in [1.29, 1.82) is 0 Å². The van der Waals surface area contributed by atoms with Crippen molar-refractivity contribution in [2.75, 3.05) is 12.3 Å². The number of hydrogen-bond donors (Lipinski definition) is 0. The van der Waals surface area contributed by atoms with E-state index in [9.17, 15) is 0 Å². The van der Waals surface area contributed by atoms with Gasteiger partial charge in [-0.1, -0.05) is 0 Å². The average molecular weight is 473 g/mol. The molecule has 182 valence electrons. The van der Waals surface area contributed by atoms with Gasteiger partial charge in [-0.05, 0) is 0 Å². The summed E-state index contributed by atoms with van der Waals surface area (Å²) in [5.74, 6) is 0.738. The van der Waals surface area contributed by atoms with Crippen LogP contribution in [0.5, 0.6) is 0 Å². The maximum absolute atomic E-state index is 2.75. The van der Waals surface area contributed by atoms with E-state index in [0.29, 0.717) is 0 Å². The zero-order valence-electron chi connectivity index (χ0n) is 21.7. The molecular formula is C33H45P. The van der Waals surface area contributed by atoms with Gasteiger partial charge in [-0.2, -0.15) is 0 Å². The van der Waals surface area contributed by atoms with E-state index in [2.05, 4.69) is 124 Å². The van der Waals surface area contributed by atoms with Crippen molar-refractivity contribution < 1.29 is 0 Å². The SMILES string of the molecule is CCCCC=CCP(CCC(C)CCCC)(c1ccccc1)(c1ccccc1)c1ccccc1. The Labute approximate surface area is 209 Å². The van der Waals surface area contributed by atoms with Gasteiger partial charge in [0.05, 0.1) is 0 Å². The molecule has 0 aromatic heterocycles. The Morgan fingerprint density at radius 3 is 1.53 bits per heavy atom. The van der Waals surface area contributed by atoms with Gasteiger partial charge in [0.2, 0.25) is 0 Å². The first-order valence-electron chi connectivity index (χ1n) is 13.5. The second-order valence-corrected chi connectivity index (χ2v) is 15.4. The molecule has 0 aliphatic carbocycles. The molecule has 1 heteroatoms. The predicted octanol–water partition coefficient (Wildman–Crippen LogP) is 8.48. The molecule has 0 bridgehead atoms. The zero-order valence-corrected chi connectivity index (χ0v) is 22.6. The molecule has 3 aromatic rings. The first kappa shape index (κ1) is 26.4. The van der Waals surface area contributed by atoms with Crippen LogP contribution in [0.3, 0.4) is 0 Å². The van der Waals surface area contributed by atoms with Crippen LogP contribution in [0, 0.1) is 5.92 Å². The molecule has 0 amide bonds. The van der Waals surface area contributed by atoms with E-state index in [4.69, 9.17) is 0 Å². The molecule has 0 saturated heterocycles. The van der Waals surface area contributed by atoms with E-state index in [1.165, 1.54) is 67.0 Å². The first-order valence-corrected chi connectivity index (χ1v) is 16.1. The third-order valence-corrected chi connectivity index (χ3v) is 14.6. The summed E-state index contributed by atoms with van der Waals surface area (Å²) < 4.78 is 0. The monoisotopic (exact) mass is 472 g/mol. The van der Waals surface area contributed by atoms with Gasteiger partial charge in [0, 0.05) is 0 Å². The van der Waals surface area contributed by atoms with Crippen molar-refractivity contribution in [1.82, 2.24) is 0 Å². The Balaban J connectivity index is 2.27. The van der Waals surface area contributed by atoms with Gasteiger partial charge in [0.15, 0.2) is 0 Å². The summed E-state index contributed by atoms with van der Waals surface area (Å²) >= 11 is 0. The number of allylic oxidation sites excluding steroid dienone is 2. The van der Waals surface area contributed by atoms with E-state index < -0.39 is 6.60 Å². The van der Waals surface area contributed by atoms with Gasteiger partial charge < -0.3 is 0 Å². The molecule has 0 N–H and O–H groups in total. The topological polar surface area (TPSA) is 0 Å². The van der Waals surface area contributed by atoms with Gasteiger partial charge in [0.1, 0.15) is 0 Å². The first-order chi connectivity index (χ1) is 16.7. The molecular weight excluding hydrogens is 427 g/mol. The fraction of sp³-hybridized carbons (Fsp3) is 0.394. The van der Waals surface area contributed by atoms with Crippen LogP contribution >= 0.6 is 6.60 Å². The second kappa shape index (κ2) is 13.1. The normalized spacial score (nSPS) is 14.0. The zero-order chi connectivity index (χ0) is 24.1. The Bertz CT molecular complexity index is 875. The van der Waals surface area contributed by atoms with Crippen molar-refractivity contribution in [2.24, 2.45) is 5.92 Å². The van der Waals surface area contributed by atoms with E-state index >= 15 is 0 Å². The summed E-state index contributed by atoms with van der Waals surface area (Å²) in [7, 11) is 0. The van der Waals surface area contributed by atoms with Crippen LogP contribution in [0.25, 0.3) is 0 Å². The van der Waals surface area contributed by atoms with Crippen molar-refractivity contribution >= 4 is 22.5 Å². The summed E-state index contributed by atoms with van der Waals surface area (Å²) in [6.07, 6.45) is 16.2. The molecule has 0 aliphatic rings. The van der Waals surface area contributed by atoms with Gasteiger partial charge >= 0.3 is 210 Å². The molecule has 1 unspecified atom stereocenters. The molecule has 0 saturated carbocycles. The van der Waals surface area contributed by atoms with Crippen molar-refractivity contribution in [3.05, 3.63) is 103 Å². The molecule has 0 aliphatic heterocycles.